The molecule has 9 heteroatoms. The zero-order valence-corrected chi connectivity index (χ0v) is 20.0. The monoisotopic (exact) mass is 493 g/mol. The van der Waals surface area contributed by atoms with Crippen molar-refractivity contribution in [2.75, 3.05) is 0 Å². The van der Waals surface area contributed by atoms with Gasteiger partial charge in [0.05, 0.1) is 21.3 Å². The van der Waals surface area contributed by atoms with E-state index in [0.29, 0.717) is 20.3 Å². The van der Waals surface area contributed by atoms with Crippen molar-refractivity contribution in [3.63, 3.8) is 0 Å². The van der Waals surface area contributed by atoms with Crippen LogP contribution in [0.1, 0.15) is 22.5 Å². The summed E-state index contributed by atoms with van der Waals surface area (Å²) in [5, 5.41) is 16.7. The van der Waals surface area contributed by atoms with Crippen molar-refractivity contribution in [2.45, 2.75) is 13.8 Å². The van der Waals surface area contributed by atoms with Crippen LogP contribution in [0.3, 0.4) is 0 Å². The van der Waals surface area contributed by atoms with Crippen LogP contribution in [0.5, 0.6) is 0 Å². The van der Waals surface area contributed by atoms with E-state index >= 15 is 0 Å². The highest BCUT2D eigenvalue weighted by atomic mass is 35.5. The van der Waals surface area contributed by atoms with Gasteiger partial charge in [-0.2, -0.15) is 15.1 Å². The molecule has 0 atom stereocenters. The lowest BCUT2D eigenvalue weighted by atomic mass is 10.1. The maximum absolute atomic E-state index is 12.8. The zero-order chi connectivity index (χ0) is 23.3. The summed E-state index contributed by atoms with van der Waals surface area (Å²) in [6.45, 7) is 3.92. The minimum Gasteiger partial charge on any atom is -0.316 e. The number of amides is 1. The molecule has 2 aliphatic heterocycles. The van der Waals surface area contributed by atoms with E-state index in [1.54, 1.807) is 12.1 Å². The SMILES string of the molecule is Cc1cc(/C=C2/C(=N)N3N=C(c4ccccc4Cl)SC3=NC2=O)c(C)n1-c1ccccc1Cl. The van der Waals surface area contributed by atoms with Gasteiger partial charge in [-0.05, 0) is 61.5 Å². The number of aliphatic imine (C=N–C) groups is 1. The summed E-state index contributed by atoms with van der Waals surface area (Å²) in [5.41, 5.74) is 4.43. The quantitative estimate of drug-likeness (QED) is 0.450. The van der Waals surface area contributed by atoms with E-state index in [9.17, 15) is 4.79 Å². The molecule has 0 radical (unpaired) electrons. The van der Waals surface area contributed by atoms with E-state index in [1.807, 2.05) is 66.9 Å². The Morgan fingerprint density at radius 1 is 1.03 bits per heavy atom. The minimum atomic E-state index is -0.475. The van der Waals surface area contributed by atoms with Crippen molar-refractivity contribution in [1.82, 2.24) is 9.58 Å². The topological polar surface area (TPSA) is 73.8 Å². The Morgan fingerprint density at radius 2 is 1.73 bits per heavy atom. The highest BCUT2D eigenvalue weighted by Crippen LogP contribution is 2.34. The second-order valence-electron chi connectivity index (χ2n) is 7.52. The van der Waals surface area contributed by atoms with Gasteiger partial charge in [-0.25, -0.2) is 0 Å². The third-order valence-electron chi connectivity index (χ3n) is 5.42. The molecule has 3 heterocycles. The van der Waals surface area contributed by atoms with Gasteiger partial charge in [-0.15, -0.1) is 0 Å². The average molecular weight is 494 g/mol. The molecule has 2 aromatic carbocycles. The number of benzene rings is 2. The van der Waals surface area contributed by atoms with Gasteiger partial charge in [0.25, 0.3) is 5.91 Å². The third-order valence-corrected chi connectivity index (χ3v) is 7.01. The molecular weight excluding hydrogens is 477 g/mol. The third kappa shape index (κ3) is 3.72. The number of aryl methyl sites for hydroxylation is 1. The van der Waals surface area contributed by atoms with Gasteiger partial charge in [0.1, 0.15) is 5.04 Å². The molecule has 0 saturated carbocycles. The van der Waals surface area contributed by atoms with E-state index in [4.69, 9.17) is 28.6 Å². The van der Waals surface area contributed by atoms with Crippen LogP contribution >= 0.6 is 35.0 Å². The Hall–Kier alpha value is -3.13. The van der Waals surface area contributed by atoms with Crippen molar-refractivity contribution < 1.29 is 4.79 Å². The van der Waals surface area contributed by atoms with Gasteiger partial charge in [0, 0.05) is 17.0 Å². The first-order valence-electron chi connectivity index (χ1n) is 10.0. The number of aromatic nitrogens is 1. The molecule has 0 saturated heterocycles. The molecule has 164 valence electrons. The molecule has 0 aliphatic carbocycles. The fourth-order valence-corrected chi connectivity index (χ4v) is 5.26. The first-order valence-corrected chi connectivity index (χ1v) is 11.6. The zero-order valence-electron chi connectivity index (χ0n) is 17.6. The standard InChI is InChI=1S/C24H17Cl2N5OS/c1-13-11-15(14(2)30(13)20-10-6-5-9-19(20)26)12-17-21(27)31-24(28-22(17)32)33-23(29-31)16-7-3-4-8-18(16)25/h3-12,27H,1-2H3/b17-12-,27-21?. The first-order chi connectivity index (χ1) is 15.8. The van der Waals surface area contributed by atoms with E-state index < -0.39 is 5.91 Å². The van der Waals surface area contributed by atoms with Gasteiger partial charge in [-0.1, -0.05) is 53.5 Å². The molecule has 6 nitrogen and oxygen atoms in total. The largest absolute Gasteiger partial charge is 0.316 e. The molecule has 1 N–H and O–H groups in total. The van der Waals surface area contributed by atoms with Gasteiger partial charge in [0.15, 0.2) is 5.84 Å². The number of hydrogen-bond donors (Lipinski definition) is 1. The van der Waals surface area contributed by atoms with Gasteiger partial charge in [-0.3, -0.25) is 10.2 Å². The van der Waals surface area contributed by atoms with Crippen LogP contribution in [-0.2, 0) is 4.79 Å². The number of carbonyl (C=O) groups excluding carboxylic acids is 1. The number of para-hydroxylation sites is 1. The van der Waals surface area contributed by atoms with E-state index in [0.717, 1.165) is 28.2 Å². The Labute approximate surface area is 204 Å². The van der Waals surface area contributed by atoms with Crippen LogP contribution in [0.25, 0.3) is 11.8 Å². The van der Waals surface area contributed by atoms with E-state index in [2.05, 4.69) is 10.1 Å². The highest BCUT2D eigenvalue weighted by Gasteiger charge is 2.36. The number of nitrogens with zero attached hydrogens (tertiary/aromatic N) is 4. The Morgan fingerprint density at radius 3 is 2.45 bits per heavy atom. The second kappa shape index (κ2) is 8.33. The molecule has 3 aromatic rings. The Balaban J connectivity index is 1.53. The van der Waals surface area contributed by atoms with Crippen LogP contribution < -0.4 is 0 Å². The van der Waals surface area contributed by atoms with Crippen molar-refractivity contribution in [2.24, 2.45) is 10.1 Å². The summed E-state index contributed by atoms with van der Waals surface area (Å²) in [6, 6.07) is 16.9. The lowest BCUT2D eigenvalue weighted by Gasteiger charge is -2.20. The number of hydrazone groups is 1. The number of thioether (sulfide) groups is 1. The molecule has 0 spiro atoms. The van der Waals surface area contributed by atoms with Crippen LogP contribution in [0.2, 0.25) is 10.0 Å². The minimum absolute atomic E-state index is 0.0258. The average Bonchev–Trinajstić information content (AvgIpc) is 3.32. The molecule has 2 aliphatic rings. The lowest BCUT2D eigenvalue weighted by Crippen LogP contribution is -2.35. The Kier molecular flexibility index (Phi) is 5.48. The summed E-state index contributed by atoms with van der Waals surface area (Å²) >= 11 is 13.9. The van der Waals surface area contributed by atoms with Gasteiger partial charge >= 0.3 is 0 Å². The fraction of sp³-hybridized carbons (Fsp3) is 0.0833. The molecule has 33 heavy (non-hydrogen) atoms. The van der Waals surface area contributed by atoms with E-state index in [1.165, 1.54) is 16.8 Å². The predicted octanol–water partition coefficient (Wildman–Crippen LogP) is 6.07. The fourth-order valence-electron chi connectivity index (χ4n) is 3.83. The molecule has 5 rings (SSSR count). The summed E-state index contributed by atoms with van der Waals surface area (Å²) in [6.07, 6.45) is 1.69. The maximum atomic E-state index is 12.8. The molecule has 0 fully saturated rings. The summed E-state index contributed by atoms with van der Waals surface area (Å²) in [4.78, 5) is 17.0. The molecule has 0 bridgehead atoms. The van der Waals surface area contributed by atoms with Crippen LogP contribution in [0.4, 0.5) is 0 Å². The normalized spacial score (nSPS) is 16.8. The van der Waals surface area contributed by atoms with Crippen LogP contribution in [0.15, 0.2) is 70.3 Å². The number of halogens is 2. The molecular formula is C24H17Cl2N5OS. The maximum Gasteiger partial charge on any atom is 0.283 e. The second-order valence-corrected chi connectivity index (χ2v) is 9.29. The van der Waals surface area contributed by atoms with Gasteiger partial charge < -0.3 is 4.57 Å². The number of rotatable bonds is 3. The molecule has 0 unspecified atom stereocenters. The van der Waals surface area contributed by atoms with Crippen molar-refractivity contribution in [1.29, 1.82) is 5.41 Å². The first kappa shape index (κ1) is 21.7. The number of hydrogen-bond acceptors (Lipinski definition) is 4. The molecule has 1 amide bonds. The number of carbonyl (C=O) groups is 1. The van der Waals surface area contributed by atoms with Crippen LogP contribution in [0, 0.1) is 19.3 Å². The summed E-state index contributed by atoms with van der Waals surface area (Å²) in [7, 11) is 0. The van der Waals surface area contributed by atoms with Crippen LogP contribution in [-0.4, -0.2) is 31.5 Å². The summed E-state index contributed by atoms with van der Waals surface area (Å²) < 4.78 is 2.03. The lowest BCUT2D eigenvalue weighted by molar-refractivity contribution is -0.114. The number of nitrogens with one attached hydrogen (secondary N) is 1. The van der Waals surface area contributed by atoms with Crippen molar-refractivity contribution in [3.05, 3.63) is 92.7 Å². The number of amidine groups is 2. The van der Waals surface area contributed by atoms with Crippen molar-refractivity contribution in [3.8, 4) is 5.69 Å². The van der Waals surface area contributed by atoms with Crippen molar-refractivity contribution >= 4 is 63.0 Å². The number of fused-ring (bicyclic) bond motifs is 1. The summed E-state index contributed by atoms with van der Waals surface area (Å²) in [5.74, 6) is -0.501. The molecule has 1 aromatic heterocycles. The smallest absolute Gasteiger partial charge is 0.283 e. The Bertz CT molecular complexity index is 1440. The highest BCUT2D eigenvalue weighted by molar-refractivity contribution is 8.27. The predicted molar refractivity (Wildman–Crippen MR) is 136 cm³/mol. The van der Waals surface area contributed by atoms with E-state index in [-0.39, 0.29) is 11.4 Å². The van der Waals surface area contributed by atoms with Gasteiger partial charge in [0.2, 0.25) is 5.17 Å².